The number of amides is 1. The van der Waals surface area contributed by atoms with E-state index in [2.05, 4.69) is 22.1 Å². The van der Waals surface area contributed by atoms with Crippen molar-refractivity contribution in [3.05, 3.63) is 11.6 Å². The molecule has 6 heteroatoms. The highest BCUT2D eigenvalue weighted by molar-refractivity contribution is 5.90. The van der Waals surface area contributed by atoms with Crippen LogP contribution in [0.4, 0.5) is 0 Å². The molecular formula is C12H21N5O. The number of carbonyl (C=O) groups is 1. The van der Waals surface area contributed by atoms with E-state index in [4.69, 9.17) is 5.73 Å². The number of nitrogens with two attached hydrogens (primary N) is 1. The Morgan fingerprint density at radius 1 is 1.56 bits per heavy atom. The Morgan fingerprint density at radius 3 is 3.11 bits per heavy atom. The zero-order valence-corrected chi connectivity index (χ0v) is 10.9. The normalized spacial score (nSPS) is 20.1. The lowest BCUT2D eigenvalue weighted by Gasteiger charge is -2.34. The van der Waals surface area contributed by atoms with Crippen LogP contribution in [0.2, 0.25) is 0 Å². The minimum Gasteiger partial charge on any atom is -0.332 e. The topological polar surface area (TPSA) is 87.9 Å². The molecular weight excluding hydrogens is 230 g/mol. The standard InChI is InChI=1S/C12H21N5O/c1-2-5-10-14-11(16-15-10)12(18)17-7-4-3-6-9(17)8-13/h9H,2-8,13H2,1H3,(H,14,15,16). The molecule has 0 aromatic carbocycles. The number of piperidine rings is 1. The highest BCUT2D eigenvalue weighted by atomic mass is 16.2. The molecule has 1 saturated heterocycles. The monoisotopic (exact) mass is 251 g/mol. The molecule has 0 bridgehead atoms. The number of aromatic amines is 1. The number of nitrogens with zero attached hydrogens (tertiary/aromatic N) is 3. The van der Waals surface area contributed by atoms with Crippen LogP contribution in [-0.2, 0) is 6.42 Å². The fourth-order valence-electron chi connectivity index (χ4n) is 2.38. The molecule has 1 fully saturated rings. The van der Waals surface area contributed by atoms with Crippen molar-refractivity contribution in [2.24, 2.45) is 5.73 Å². The predicted molar refractivity (Wildman–Crippen MR) is 68.1 cm³/mol. The van der Waals surface area contributed by atoms with E-state index in [0.29, 0.717) is 6.54 Å². The van der Waals surface area contributed by atoms with Gasteiger partial charge in [0.1, 0.15) is 5.82 Å². The molecule has 100 valence electrons. The van der Waals surface area contributed by atoms with E-state index in [-0.39, 0.29) is 17.8 Å². The summed E-state index contributed by atoms with van der Waals surface area (Å²) in [4.78, 5) is 18.4. The highest BCUT2D eigenvalue weighted by Crippen LogP contribution is 2.17. The largest absolute Gasteiger partial charge is 0.332 e. The van der Waals surface area contributed by atoms with Crippen molar-refractivity contribution >= 4 is 5.91 Å². The average Bonchev–Trinajstić information content (AvgIpc) is 2.87. The number of likely N-dealkylation sites (tertiary alicyclic amines) is 1. The summed E-state index contributed by atoms with van der Waals surface area (Å²) >= 11 is 0. The van der Waals surface area contributed by atoms with Gasteiger partial charge in [-0.3, -0.25) is 9.89 Å². The van der Waals surface area contributed by atoms with Crippen LogP contribution in [0.5, 0.6) is 0 Å². The van der Waals surface area contributed by atoms with E-state index in [1.165, 1.54) is 0 Å². The van der Waals surface area contributed by atoms with Crippen molar-refractivity contribution in [1.29, 1.82) is 0 Å². The van der Waals surface area contributed by atoms with Gasteiger partial charge in [-0.2, -0.15) is 0 Å². The first kappa shape index (κ1) is 13.0. The van der Waals surface area contributed by atoms with Gasteiger partial charge in [0.25, 0.3) is 5.91 Å². The van der Waals surface area contributed by atoms with Crippen LogP contribution in [0.25, 0.3) is 0 Å². The van der Waals surface area contributed by atoms with Crippen molar-refractivity contribution in [2.45, 2.75) is 45.1 Å². The molecule has 1 atom stereocenters. The Labute approximate surface area is 107 Å². The lowest BCUT2D eigenvalue weighted by atomic mass is 10.0. The van der Waals surface area contributed by atoms with Crippen LogP contribution in [-0.4, -0.2) is 45.1 Å². The molecule has 0 saturated carbocycles. The van der Waals surface area contributed by atoms with E-state index < -0.39 is 0 Å². The van der Waals surface area contributed by atoms with E-state index in [9.17, 15) is 4.79 Å². The summed E-state index contributed by atoms with van der Waals surface area (Å²) < 4.78 is 0. The van der Waals surface area contributed by atoms with E-state index in [1.54, 1.807) is 0 Å². The van der Waals surface area contributed by atoms with Crippen LogP contribution in [0, 0.1) is 0 Å². The first-order chi connectivity index (χ1) is 8.76. The zero-order valence-electron chi connectivity index (χ0n) is 10.9. The number of hydrogen-bond donors (Lipinski definition) is 2. The second-order valence-electron chi connectivity index (χ2n) is 4.74. The molecule has 3 N–H and O–H groups in total. The number of H-pyrrole nitrogens is 1. The molecule has 1 aliphatic rings. The fraction of sp³-hybridized carbons (Fsp3) is 0.750. The van der Waals surface area contributed by atoms with Gasteiger partial charge in [-0.05, 0) is 25.7 Å². The maximum absolute atomic E-state index is 12.3. The van der Waals surface area contributed by atoms with Crippen molar-refractivity contribution < 1.29 is 4.79 Å². The third-order valence-corrected chi connectivity index (χ3v) is 3.37. The van der Waals surface area contributed by atoms with Crippen molar-refractivity contribution in [2.75, 3.05) is 13.1 Å². The van der Waals surface area contributed by atoms with Crippen LogP contribution in [0.15, 0.2) is 0 Å². The van der Waals surface area contributed by atoms with Crippen molar-refractivity contribution in [3.8, 4) is 0 Å². The van der Waals surface area contributed by atoms with Crippen LogP contribution in [0.1, 0.15) is 49.1 Å². The SMILES string of the molecule is CCCc1nc(C(=O)N2CCCCC2CN)n[nH]1. The molecule has 0 aliphatic carbocycles. The smallest absolute Gasteiger partial charge is 0.293 e. The van der Waals surface area contributed by atoms with Gasteiger partial charge < -0.3 is 10.6 Å². The third-order valence-electron chi connectivity index (χ3n) is 3.37. The molecule has 1 aliphatic heterocycles. The minimum absolute atomic E-state index is 0.0937. The maximum Gasteiger partial charge on any atom is 0.293 e. The molecule has 1 amide bonds. The Hall–Kier alpha value is -1.43. The zero-order chi connectivity index (χ0) is 13.0. The Kier molecular flexibility index (Phi) is 4.30. The Bertz CT molecular complexity index is 403. The molecule has 2 heterocycles. The van der Waals surface area contributed by atoms with Gasteiger partial charge in [-0.1, -0.05) is 6.92 Å². The summed E-state index contributed by atoms with van der Waals surface area (Å²) in [5.41, 5.74) is 5.72. The second-order valence-corrected chi connectivity index (χ2v) is 4.74. The van der Waals surface area contributed by atoms with Gasteiger partial charge in [-0.25, -0.2) is 4.98 Å². The van der Waals surface area contributed by atoms with Crippen LogP contribution < -0.4 is 5.73 Å². The van der Waals surface area contributed by atoms with Crippen LogP contribution in [0.3, 0.4) is 0 Å². The van der Waals surface area contributed by atoms with Gasteiger partial charge in [0, 0.05) is 25.6 Å². The lowest BCUT2D eigenvalue weighted by molar-refractivity contribution is 0.0611. The van der Waals surface area contributed by atoms with E-state index in [0.717, 1.165) is 44.5 Å². The number of nitrogens with one attached hydrogen (secondary N) is 1. The Morgan fingerprint density at radius 2 is 2.39 bits per heavy atom. The second kappa shape index (κ2) is 5.95. The maximum atomic E-state index is 12.3. The van der Waals surface area contributed by atoms with Crippen LogP contribution >= 0.6 is 0 Å². The molecule has 18 heavy (non-hydrogen) atoms. The summed E-state index contributed by atoms with van der Waals surface area (Å²) in [6, 6.07) is 0.138. The summed E-state index contributed by atoms with van der Waals surface area (Å²) in [6.07, 6.45) is 4.96. The van der Waals surface area contributed by atoms with Gasteiger partial charge >= 0.3 is 0 Å². The third kappa shape index (κ3) is 2.69. The number of rotatable bonds is 4. The first-order valence-electron chi connectivity index (χ1n) is 6.68. The Balaban J connectivity index is 2.08. The fourth-order valence-corrected chi connectivity index (χ4v) is 2.38. The molecule has 6 nitrogen and oxygen atoms in total. The number of aromatic nitrogens is 3. The summed E-state index contributed by atoms with van der Waals surface area (Å²) in [6.45, 7) is 3.34. The molecule has 2 rings (SSSR count). The highest BCUT2D eigenvalue weighted by Gasteiger charge is 2.28. The molecule has 1 aromatic rings. The lowest BCUT2D eigenvalue weighted by Crippen LogP contribution is -2.47. The molecule has 0 spiro atoms. The van der Waals surface area contributed by atoms with E-state index in [1.807, 2.05) is 4.90 Å². The molecule has 0 radical (unpaired) electrons. The van der Waals surface area contributed by atoms with E-state index >= 15 is 0 Å². The molecule has 1 aromatic heterocycles. The van der Waals surface area contributed by atoms with Crippen molar-refractivity contribution in [1.82, 2.24) is 20.1 Å². The number of aryl methyl sites for hydroxylation is 1. The van der Waals surface area contributed by atoms with Crippen molar-refractivity contribution in [3.63, 3.8) is 0 Å². The molecule has 1 unspecified atom stereocenters. The first-order valence-corrected chi connectivity index (χ1v) is 6.68. The average molecular weight is 251 g/mol. The summed E-state index contributed by atoms with van der Waals surface area (Å²) in [5.74, 6) is 0.963. The van der Waals surface area contributed by atoms with Gasteiger partial charge in [0.2, 0.25) is 5.82 Å². The summed E-state index contributed by atoms with van der Waals surface area (Å²) in [5, 5.41) is 6.83. The van der Waals surface area contributed by atoms with Gasteiger partial charge in [0.15, 0.2) is 0 Å². The van der Waals surface area contributed by atoms with Gasteiger partial charge in [0.05, 0.1) is 0 Å². The quantitative estimate of drug-likeness (QED) is 0.825. The minimum atomic E-state index is -0.0937. The van der Waals surface area contributed by atoms with Gasteiger partial charge in [-0.15, -0.1) is 5.10 Å². The summed E-state index contributed by atoms with van der Waals surface area (Å²) in [7, 11) is 0. The predicted octanol–water partition coefficient (Wildman–Crippen LogP) is 0.711. The number of carbonyl (C=O) groups excluding carboxylic acids is 1. The number of hydrogen-bond acceptors (Lipinski definition) is 4.